The molecule has 2 saturated heterocycles. The Morgan fingerprint density at radius 3 is 2.16 bits per heavy atom. The summed E-state index contributed by atoms with van der Waals surface area (Å²) < 4.78 is 5.24. The molecule has 6 heteroatoms. The highest BCUT2D eigenvalue weighted by Gasteiger charge is 2.30. The van der Waals surface area contributed by atoms with E-state index in [4.69, 9.17) is 4.74 Å². The highest BCUT2D eigenvalue weighted by Crippen LogP contribution is 2.25. The third-order valence-electron chi connectivity index (χ3n) is 6.68. The van der Waals surface area contributed by atoms with Crippen molar-refractivity contribution in [3.8, 4) is 5.75 Å². The minimum absolute atomic E-state index is 0.0273. The van der Waals surface area contributed by atoms with Crippen LogP contribution in [-0.4, -0.2) is 61.4 Å². The molecule has 2 amide bonds. The molecule has 1 aromatic rings. The summed E-state index contributed by atoms with van der Waals surface area (Å²) in [5.74, 6) is 1.61. The maximum atomic E-state index is 12.9. The molecule has 1 atom stereocenters. The number of piperidine rings is 1. The molecule has 2 aliphatic rings. The predicted molar refractivity (Wildman–Crippen MR) is 123 cm³/mol. The van der Waals surface area contributed by atoms with Crippen LogP contribution in [0.4, 0.5) is 0 Å². The van der Waals surface area contributed by atoms with E-state index in [2.05, 4.69) is 29.0 Å². The molecule has 6 nitrogen and oxygen atoms in total. The summed E-state index contributed by atoms with van der Waals surface area (Å²) in [5.41, 5.74) is 1.09. The van der Waals surface area contributed by atoms with Gasteiger partial charge in [-0.3, -0.25) is 14.5 Å². The molecule has 0 spiro atoms. The van der Waals surface area contributed by atoms with E-state index in [-0.39, 0.29) is 23.8 Å². The normalized spacial score (nSPS) is 19.7. The smallest absolute Gasteiger partial charge is 0.234 e. The van der Waals surface area contributed by atoms with Crippen molar-refractivity contribution in [1.82, 2.24) is 15.1 Å². The van der Waals surface area contributed by atoms with Crippen LogP contribution in [0.5, 0.6) is 5.75 Å². The van der Waals surface area contributed by atoms with E-state index < -0.39 is 0 Å². The number of methoxy groups -OCH3 is 1. The second kappa shape index (κ2) is 11.5. The Balaban J connectivity index is 1.47. The van der Waals surface area contributed by atoms with E-state index in [0.29, 0.717) is 12.5 Å². The maximum absolute atomic E-state index is 12.9. The van der Waals surface area contributed by atoms with Crippen molar-refractivity contribution in [2.75, 3.05) is 39.8 Å². The number of likely N-dealkylation sites (tertiary alicyclic amines) is 2. The third-order valence-corrected chi connectivity index (χ3v) is 6.68. The Hall–Kier alpha value is -2.08. The average Bonchev–Trinajstić information content (AvgIpc) is 3.07. The SMILES string of the molecule is COc1ccc(C(NC(=O)CN2CCC(C(=O)N3CCCCCC3)CC2)C(C)C)cc1. The topological polar surface area (TPSA) is 61.9 Å². The lowest BCUT2D eigenvalue weighted by atomic mass is 9.94. The molecule has 31 heavy (non-hydrogen) atoms. The van der Waals surface area contributed by atoms with Gasteiger partial charge in [-0.1, -0.05) is 38.8 Å². The molecule has 3 rings (SSSR count). The van der Waals surface area contributed by atoms with Gasteiger partial charge in [0.25, 0.3) is 0 Å². The first kappa shape index (κ1) is 23.6. The zero-order valence-electron chi connectivity index (χ0n) is 19.4. The van der Waals surface area contributed by atoms with Crippen molar-refractivity contribution >= 4 is 11.8 Å². The van der Waals surface area contributed by atoms with Crippen LogP contribution in [0, 0.1) is 11.8 Å². The Kier molecular flexibility index (Phi) is 8.76. The molecule has 0 saturated carbocycles. The summed E-state index contributed by atoms with van der Waals surface area (Å²) in [4.78, 5) is 29.9. The number of ether oxygens (including phenoxy) is 1. The van der Waals surface area contributed by atoms with Gasteiger partial charge in [-0.2, -0.15) is 0 Å². The molecule has 2 heterocycles. The van der Waals surface area contributed by atoms with Gasteiger partial charge in [0.05, 0.1) is 19.7 Å². The lowest BCUT2D eigenvalue weighted by Crippen LogP contribution is -2.46. The summed E-state index contributed by atoms with van der Waals surface area (Å²) in [7, 11) is 1.65. The molecule has 2 fully saturated rings. The van der Waals surface area contributed by atoms with Crippen LogP contribution in [0.15, 0.2) is 24.3 Å². The van der Waals surface area contributed by atoms with Crippen molar-refractivity contribution in [3.63, 3.8) is 0 Å². The zero-order valence-corrected chi connectivity index (χ0v) is 19.4. The number of nitrogens with zero attached hydrogens (tertiary/aromatic N) is 2. The highest BCUT2D eigenvalue weighted by molar-refractivity contribution is 5.80. The van der Waals surface area contributed by atoms with Crippen molar-refractivity contribution in [3.05, 3.63) is 29.8 Å². The minimum atomic E-state index is -0.0273. The molecule has 1 N–H and O–H groups in total. The number of amides is 2. The maximum Gasteiger partial charge on any atom is 0.234 e. The van der Waals surface area contributed by atoms with Crippen LogP contribution < -0.4 is 10.1 Å². The van der Waals surface area contributed by atoms with E-state index in [1.165, 1.54) is 12.8 Å². The summed E-state index contributed by atoms with van der Waals surface area (Å²) in [6.45, 7) is 8.10. The summed E-state index contributed by atoms with van der Waals surface area (Å²) in [5, 5.41) is 3.21. The summed E-state index contributed by atoms with van der Waals surface area (Å²) in [6, 6.07) is 7.87. The van der Waals surface area contributed by atoms with Gasteiger partial charge >= 0.3 is 0 Å². The van der Waals surface area contributed by atoms with Crippen LogP contribution in [0.25, 0.3) is 0 Å². The van der Waals surface area contributed by atoms with Gasteiger partial charge in [-0.05, 0) is 62.4 Å². The Labute approximate surface area is 187 Å². The first-order valence-corrected chi connectivity index (χ1v) is 11.9. The second-order valence-corrected chi connectivity index (χ2v) is 9.35. The number of hydrogen-bond donors (Lipinski definition) is 1. The first-order chi connectivity index (χ1) is 15.0. The van der Waals surface area contributed by atoms with Crippen molar-refractivity contribution in [2.45, 2.75) is 58.4 Å². The predicted octanol–water partition coefficient (Wildman–Crippen LogP) is 3.62. The molecule has 2 aliphatic heterocycles. The molecule has 1 aromatic carbocycles. The molecular weight excluding hydrogens is 390 g/mol. The lowest BCUT2D eigenvalue weighted by molar-refractivity contribution is -0.137. The molecule has 0 aliphatic carbocycles. The van der Waals surface area contributed by atoms with Crippen LogP contribution in [0.1, 0.15) is 64.0 Å². The fraction of sp³-hybridized carbons (Fsp3) is 0.680. The van der Waals surface area contributed by atoms with Crippen LogP contribution in [0.3, 0.4) is 0 Å². The van der Waals surface area contributed by atoms with Crippen molar-refractivity contribution in [1.29, 1.82) is 0 Å². The lowest BCUT2D eigenvalue weighted by Gasteiger charge is -2.34. The Morgan fingerprint density at radius 2 is 1.61 bits per heavy atom. The van der Waals surface area contributed by atoms with Gasteiger partial charge in [0.15, 0.2) is 0 Å². The number of benzene rings is 1. The number of rotatable bonds is 7. The summed E-state index contributed by atoms with van der Waals surface area (Å²) >= 11 is 0. The van der Waals surface area contributed by atoms with E-state index in [9.17, 15) is 9.59 Å². The molecule has 0 radical (unpaired) electrons. The zero-order chi connectivity index (χ0) is 22.2. The largest absolute Gasteiger partial charge is 0.497 e. The minimum Gasteiger partial charge on any atom is -0.497 e. The van der Waals surface area contributed by atoms with Gasteiger partial charge in [0.1, 0.15) is 5.75 Å². The Morgan fingerprint density at radius 1 is 1.00 bits per heavy atom. The third kappa shape index (κ3) is 6.70. The monoisotopic (exact) mass is 429 g/mol. The number of carbonyl (C=O) groups is 2. The fourth-order valence-corrected chi connectivity index (χ4v) is 4.76. The Bertz CT molecular complexity index is 703. The molecule has 0 bridgehead atoms. The molecule has 1 unspecified atom stereocenters. The molecule has 172 valence electrons. The van der Waals surface area contributed by atoms with E-state index in [1.54, 1.807) is 7.11 Å². The van der Waals surface area contributed by atoms with E-state index >= 15 is 0 Å². The van der Waals surface area contributed by atoms with E-state index in [0.717, 1.165) is 63.2 Å². The van der Waals surface area contributed by atoms with Crippen molar-refractivity contribution in [2.24, 2.45) is 11.8 Å². The van der Waals surface area contributed by atoms with Crippen LogP contribution in [0.2, 0.25) is 0 Å². The number of nitrogens with one attached hydrogen (secondary N) is 1. The molecular formula is C25H39N3O3. The van der Waals surface area contributed by atoms with Gasteiger partial charge < -0.3 is 15.0 Å². The van der Waals surface area contributed by atoms with E-state index in [1.807, 2.05) is 24.3 Å². The number of hydrogen-bond acceptors (Lipinski definition) is 4. The van der Waals surface area contributed by atoms with Crippen molar-refractivity contribution < 1.29 is 14.3 Å². The second-order valence-electron chi connectivity index (χ2n) is 9.35. The van der Waals surface area contributed by atoms with Gasteiger partial charge in [-0.25, -0.2) is 0 Å². The molecule has 0 aromatic heterocycles. The quantitative estimate of drug-likeness (QED) is 0.719. The van der Waals surface area contributed by atoms with Crippen LogP contribution >= 0.6 is 0 Å². The highest BCUT2D eigenvalue weighted by atomic mass is 16.5. The van der Waals surface area contributed by atoms with Gasteiger partial charge in [-0.15, -0.1) is 0 Å². The summed E-state index contributed by atoms with van der Waals surface area (Å²) in [6.07, 6.45) is 6.46. The standard InChI is InChI=1S/C25H39N3O3/c1-19(2)24(20-8-10-22(31-3)11-9-20)26-23(29)18-27-16-12-21(13-17-27)25(30)28-14-6-4-5-7-15-28/h8-11,19,21,24H,4-7,12-18H2,1-3H3,(H,26,29). The fourth-order valence-electron chi connectivity index (χ4n) is 4.76. The van der Waals surface area contributed by atoms with Gasteiger partial charge in [0.2, 0.25) is 11.8 Å². The first-order valence-electron chi connectivity index (χ1n) is 11.9. The average molecular weight is 430 g/mol. The van der Waals surface area contributed by atoms with Crippen LogP contribution in [-0.2, 0) is 9.59 Å². The number of carbonyl (C=O) groups excluding carboxylic acids is 2. The van der Waals surface area contributed by atoms with Gasteiger partial charge in [0, 0.05) is 19.0 Å².